The SMILES string of the molecule is CC(NS(=O)(=O)c1ccc(Cl)c(Cl)c1)c1ccc2c(c1)OCO2. The number of halogens is 2. The van der Waals surface area contributed by atoms with E-state index in [0.717, 1.165) is 5.56 Å². The van der Waals surface area contributed by atoms with E-state index >= 15 is 0 Å². The number of rotatable bonds is 4. The summed E-state index contributed by atoms with van der Waals surface area (Å²) >= 11 is 11.7. The van der Waals surface area contributed by atoms with E-state index in [9.17, 15) is 8.42 Å². The fourth-order valence-corrected chi connectivity index (χ4v) is 3.82. The van der Waals surface area contributed by atoms with Gasteiger partial charge in [-0.25, -0.2) is 13.1 Å². The zero-order valence-corrected chi connectivity index (χ0v) is 14.4. The highest BCUT2D eigenvalue weighted by Gasteiger charge is 2.21. The first kappa shape index (κ1) is 16.4. The van der Waals surface area contributed by atoms with Crippen molar-refractivity contribution in [2.24, 2.45) is 0 Å². The van der Waals surface area contributed by atoms with E-state index < -0.39 is 16.1 Å². The van der Waals surface area contributed by atoms with Crippen molar-refractivity contribution in [3.05, 3.63) is 52.0 Å². The predicted molar refractivity (Wildman–Crippen MR) is 87.8 cm³/mol. The van der Waals surface area contributed by atoms with Gasteiger partial charge >= 0.3 is 0 Å². The monoisotopic (exact) mass is 373 g/mol. The molecule has 8 heteroatoms. The summed E-state index contributed by atoms with van der Waals surface area (Å²) in [6, 6.07) is 9.01. The third-order valence-corrected chi connectivity index (χ3v) is 5.71. The maximum Gasteiger partial charge on any atom is 0.241 e. The average Bonchev–Trinajstić information content (AvgIpc) is 2.96. The molecule has 3 rings (SSSR count). The Labute approximate surface area is 144 Å². The Bertz CT molecular complexity index is 855. The minimum atomic E-state index is -3.73. The van der Waals surface area contributed by atoms with Crippen LogP contribution in [0.5, 0.6) is 11.5 Å². The molecular formula is C15H13Cl2NO4S. The van der Waals surface area contributed by atoms with E-state index in [4.69, 9.17) is 32.7 Å². The van der Waals surface area contributed by atoms with Crippen molar-refractivity contribution >= 4 is 33.2 Å². The minimum absolute atomic E-state index is 0.0551. The number of ether oxygens (including phenoxy) is 2. The van der Waals surface area contributed by atoms with E-state index in [-0.39, 0.29) is 16.7 Å². The van der Waals surface area contributed by atoms with Gasteiger partial charge in [0.1, 0.15) is 0 Å². The molecule has 0 aliphatic carbocycles. The molecule has 0 aromatic heterocycles. The molecule has 2 aromatic carbocycles. The van der Waals surface area contributed by atoms with Crippen LogP contribution in [0.2, 0.25) is 10.0 Å². The van der Waals surface area contributed by atoms with E-state index in [1.807, 2.05) is 0 Å². The van der Waals surface area contributed by atoms with Gasteiger partial charge in [0.2, 0.25) is 16.8 Å². The molecule has 0 saturated carbocycles. The maximum absolute atomic E-state index is 12.4. The molecule has 5 nitrogen and oxygen atoms in total. The highest BCUT2D eigenvalue weighted by molar-refractivity contribution is 7.89. The van der Waals surface area contributed by atoms with Crippen molar-refractivity contribution in [2.75, 3.05) is 6.79 Å². The smallest absolute Gasteiger partial charge is 0.241 e. The van der Waals surface area contributed by atoms with Crippen LogP contribution < -0.4 is 14.2 Å². The first-order chi connectivity index (χ1) is 10.9. The lowest BCUT2D eigenvalue weighted by atomic mass is 10.1. The van der Waals surface area contributed by atoms with Crippen LogP contribution in [0.15, 0.2) is 41.3 Å². The summed E-state index contributed by atoms with van der Waals surface area (Å²) < 4.78 is 38.0. The topological polar surface area (TPSA) is 64.6 Å². The van der Waals surface area contributed by atoms with Crippen LogP contribution >= 0.6 is 23.2 Å². The minimum Gasteiger partial charge on any atom is -0.454 e. The highest BCUT2D eigenvalue weighted by Crippen LogP contribution is 2.34. The summed E-state index contributed by atoms with van der Waals surface area (Å²) in [5.74, 6) is 1.25. The van der Waals surface area contributed by atoms with Gasteiger partial charge in [0.15, 0.2) is 11.5 Å². The van der Waals surface area contributed by atoms with Crippen LogP contribution in [0.1, 0.15) is 18.5 Å². The molecule has 0 amide bonds. The van der Waals surface area contributed by atoms with Crippen molar-refractivity contribution in [1.29, 1.82) is 0 Å². The van der Waals surface area contributed by atoms with Crippen molar-refractivity contribution < 1.29 is 17.9 Å². The lowest BCUT2D eigenvalue weighted by Gasteiger charge is -2.15. The van der Waals surface area contributed by atoms with Crippen molar-refractivity contribution in [3.8, 4) is 11.5 Å². The van der Waals surface area contributed by atoms with E-state index in [0.29, 0.717) is 16.5 Å². The quantitative estimate of drug-likeness (QED) is 0.885. The van der Waals surface area contributed by atoms with Gasteiger partial charge in [-0.2, -0.15) is 0 Å². The lowest BCUT2D eigenvalue weighted by molar-refractivity contribution is 0.174. The molecule has 1 heterocycles. The van der Waals surface area contributed by atoms with Gasteiger partial charge < -0.3 is 9.47 Å². The average molecular weight is 374 g/mol. The Morgan fingerprint density at radius 2 is 1.78 bits per heavy atom. The normalized spacial score (nSPS) is 14.7. The largest absolute Gasteiger partial charge is 0.454 e. The molecule has 122 valence electrons. The Hall–Kier alpha value is -1.47. The van der Waals surface area contributed by atoms with Gasteiger partial charge in [-0.05, 0) is 42.8 Å². The zero-order chi connectivity index (χ0) is 16.6. The molecular weight excluding hydrogens is 361 g/mol. The highest BCUT2D eigenvalue weighted by atomic mass is 35.5. The second-order valence-electron chi connectivity index (χ2n) is 5.03. The first-order valence-corrected chi connectivity index (χ1v) is 8.98. The van der Waals surface area contributed by atoms with Crippen molar-refractivity contribution in [2.45, 2.75) is 17.9 Å². The summed E-state index contributed by atoms with van der Waals surface area (Å²) in [5, 5.41) is 0.486. The molecule has 0 fully saturated rings. The molecule has 23 heavy (non-hydrogen) atoms. The van der Waals surface area contributed by atoms with Crippen LogP contribution in [-0.2, 0) is 10.0 Å². The van der Waals surface area contributed by atoms with Crippen LogP contribution in [0.4, 0.5) is 0 Å². The third-order valence-electron chi connectivity index (χ3n) is 3.43. The molecule has 2 aromatic rings. The summed E-state index contributed by atoms with van der Waals surface area (Å²) in [5.41, 5.74) is 0.762. The third kappa shape index (κ3) is 3.40. The summed E-state index contributed by atoms with van der Waals surface area (Å²) in [6.07, 6.45) is 0. The van der Waals surface area contributed by atoms with Gasteiger partial charge in [-0.1, -0.05) is 29.3 Å². The van der Waals surface area contributed by atoms with Crippen LogP contribution in [-0.4, -0.2) is 15.2 Å². The molecule has 1 aliphatic rings. The fraction of sp³-hybridized carbons (Fsp3) is 0.200. The van der Waals surface area contributed by atoms with Gasteiger partial charge in [0.05, 0.1) is 14.9 Å². The number of fused-ring (bicyclic) bond motifs is 1. The molecule has 0 spiro atoms. The Morgan fingerprint density at radius 3 is 2.52 bits per heavy atom. The van der Waals surface area contributed by atoms with Gasteiger partial charge in [-0.3, -0.25) is 0 Å². The second-order valence-corrected chi connectivity index (χ2v) is 7.56. The van der Waals surface area contributed by atoms with Gasteiger partial charge in [0, 0.05) is 6.04 Å². The summed E-state index contributed by atoms with van der Waals surface area (Å²) in [4.78, 5) is 0.0551. The summed E-state index contributed by atoms with van der Waals surface area (Å²) in [6.45, 7) is 1.91. The van der Waals surface area contributed by atoms with E-state index in [2.05, 4.69) is 4.72 Å². The standard InChI is InChI=1S/C15H13Cl2NO4S/c1-9(10-2-5-14-15(6-10)22-8-21-14)18-23(19,20)11-3-4-12(16)13(17)7-11/h2-7,9,18H,8H2,1H3. The predicted octanol–water partition coefficient (Wildman–Crippen LogP) is 3.76. The Balaban J connectivity index is 1.83. The zero-order valence-electron chi connectivity index (χ0n) is 12.0. The van der Waals surface area contributed by atoms with Crippen molar-refractivity contribution in [3.63, 3.8) is 0 Å². The Kier molecular flexibility index (Phi) is 4.42. The van der Waals surface area contributed by atoms with Crippen LogP contribution in [0.3, 0.4) is 0 Å². The lowest BCUT2D eigenvalue weighted by Crippen LogP contribution is -2.26. The van der Waals surface area contributed by atoms with Crippen LogP contribution in [0.25, 0.3) is 0 Å². The number of benzene rings is 2. The molecule has 0 saturated heterocycles. The Morgan fingerprint density at radius 1 is 1.04 bits per heavy atom. The van der Waals surface area contributed by atoms with E-state index in [1.165, 1.54) is 18.2 Å². The molecule has 0 radical (unpaired) electrons. The fourth-order valence-electron chi connectivity index (χ4n) is 2.20. The van der Waals surface area contributed by atoms with Gasteiger partial charge in [0.25, 0.3) is 0 Å². The van der Waals surface area contributed by atoms with Crippen LogP contribution in [0, 0.1) is 0 Å². The molecule has 1 unspecified atom stereocenters. The number of nitrogens with one attached hydrogen (secondary N) is 1. The summed E-state index contributed by atoms with van der Waals surface area (Å²) in [7, 11) is -3.73. The first-order valence-electron chi connectivity index (χ1n) is 6.74. The number of sulfonamides is 1. The number of hydrogen-bond donors (Lipinski definition) is 1. The molecule has 0 bridgehead atoms. The maximum atomic E-state index is 12.4. The number of hydrogen-bond acceptors (Lipinski definition) is 4. The molecule has 1 N–H and O–H groups in total. The molecule has 1 atom stereocenters. The van der Waals surface area contributed by atoms with Gasteiger partial charge in [-0.15, -0.1) is 0 Å². The second kappa shape index (κ2) is 6.20. The van der Waals surface area contributed by atoms with E-state index in [1.54, 1.807) is 25.1 Å². The van der Waals surface area contributed by atoms with Crippen molar-refractivity contribution in [1.82, 2.24) is 4.72 Å². The molecule has 1 aliphatic heterocycles.